The van der Waals surface area contributed by atoms with Gasteiger partial charge in [0.25, 0.3) is 0 Å². The summed E-state index contributed by atoms with van der Waals surface area (Å²) in [4.78, 5) is 16.7. The Balaban J connectivity index is 1.73. The number of aromatic nitrogens is 3. The number of hydrogen-bond donors (Lipinski definition) is 2. The number of benzene rings is 1. The van der Waals surface area contributed by atoms with Crippen LogP contribution in [0.1, 0.15) is 30.3 Å². The standard InChI is InChI=1S/C17H23FN6O/c1-23(2)17-21-15(20-16(19)22-17)10-24(13-7-8-13)9-14(25)11-3-5-12(18)6-4-11/h3-6,13-14,25H,7-10H2,1-2H3,(H2,19,20,21,22). The lowest BCUT2D eigenvalue weighted by atomic mass is 10.1. The second kappa shape index (κ2) is 7.28. The van der Waals surface area contributed by atoms with Crippen molar-refractivity contribution in [1.29, 1.82) is 0 Å². The molecule has 0 radical (unpaired) electrons. The van der Waals surface area contributed by atoms with Crippen molar-refractivity contribution in [2.75, 3.05) is 31.3 Å². The number of nitrogens with two attached hydrogens (primary N) is 1. The van der Waals surface area contributed by atoms with E-state index in [0.29, 0.717) is 36.5 Å². The molecule has 1 aliphatic rings. The van der Waals surface area contributed by atoms with Crippen LogP contribution in [0.3, 0.4) is 0 Å². The second-order valence-electron chi connectivity index (χ2n) is 6.53. The van der Waals surface area contributed by atoms with Gasteiger partial charge in [-0.05, 0) is 30.5 Å². The van der Waals surface area contributed by atoms with E-state index in [9.17, 15) is 9.50 Å². The van der Waals surface area contributed by atoms with Crippen LogP contribution >= 0.6 is 0 Å². The molecular weight excluding hydrogens is 323 g/mol. The highest BCUT2D eigenvalue weighted by Crippen LogP contribution is 2.30. The smallest absolute Gasteiger partial charge is 0.229 e. The van der Waals surface area contributed by atoms with Crippen molar-refractivity contribution in [1.82, 2.24) is 19.9 Å². The van der Waals surface area contributed by atoms with Crippen LogP contribution in [0.5, 0.6) is 0 Å². The number of hydrogen-bond acceptors (Lipinski definition) is 7. The van der Waals surface area contributed by atoms with Crippen molar-refractivity contribution in [3.05, 3.63) is 41.5 Å². The highest BCUT2D eigenvalue weighted by Gasteiger charge is 2.31. The van der Waals surface area contributed by atoms with Gasteiger partial charge in [0.15, 0.2) is 0 Å². The van der Waals surface area contributed by atoms with Gasteiger partial charge in [-0.25, -0.2) is 4.39 Å². The zero-order chi connectivity index (χ0) is 18.0. The molecule has 8 heteroatoms. The highest BCUT2D eigenvalue weighted by atomic mass is 19.1. The van der Waals surface area contributed by atoms with Gasteiger partial charge < -0.3 is 15.7 Å². The predicted molar refractivity (Wildman–Crippen MR) is 93.4 cm³/mol. The molecule has 7 nitrogen and oxygen atoms in total. The maximum absolute atomic E-state index is 13.0. The maximum Gasteiger partial charge on any atom is 0.229 e. The fraction of sp³-hybridized carbons (Fsp3) is 0.471. The van der Waals surface area contributed by atoms with Gasteiger partial charge in [0.2, 0.25) is 11.9 Å². The molecule has 2 aromatic rings. The zero-order valence-electron chi connectivity index (χ0n) is 14.4. The monoisotopic (exact) mass is 346 g/mol. The number of nitrogens with zero attached hydrogens (tertiary/aromatic N) is 5. The van der Waals surface area contributed by atoms with Gasteiger partial charge in [0.1, 0.15) is 11.6 Å². The summed E-state index contributed by atoms with van der Waals surface area (Å²) in [6.45, 7) is 0.912. The van der Waals surface area contributed by atoms with Crippen LogP contribution < -0.4 is 10.6 Å². The molecule has 0 amide bonds. The Bertz CT molecular complexity index is 720. The summed E-state index contributed by atoms with van der Waals surface area (Å²) >= 11 is 0. The lowest BCUT2D eigenvalue weighted by molar-refractivity contribution is 0.103. The number of aliphatic hydroxyl groups excluding tert-OH is 1. The molecule has 1 unspecified atom stereocenters. The molecule has 0 aliphatic heterocycles. The lowest BCUT2D eigenvalue weighted by Crippen LogP contribution is -2.31. The Morgan fingerprint density at radius 1 is 1.20 bits per heavy atom. The van der Waals surface area contributed by atoms with Gasteiger partial charge >= 0.3 is 0 Å². The molecule has 1 fully saturated rings. The van der Waals surface area contributed by atoms with E-state index >= 15 is 0 Å². The van der Waals surface area contributed by atoms with E-state index in [4.69, 9.17) is 5.73 Å². The van der Waals surface area contributed by atoms with Crippen molar-refractivity contribution in [2.45, 2.75) is 31.5 Å². The molecule has 1 aromatic heterocycles. The molecule has 3 N–H and O–H groups in total. The summed E-state index contributed by atoms with van der Waals surface area (Å²) in [5, 5.41) is 10.5. The number of rotatable bonds is 7. The minimum Gasteiger partial charge on any atom is -0.387 e. The van der Waals surface area contributed by atoms with Gasteiger partial charge in [0.05, 0.1) is 12.6 Å². The molecule has 3 rings (SSSR count). The van der Waals surface area contributed by atoms with E-state index in [2.05, 4.69) is 19.9 Å². The van der Waals surface area contributed by atoms with Crippen LogP contribution in [-0.2, 0) is 6.54 Å². The van der Waals surface area contributed by atoms with E-state index in [0.717, 1.165) is 12.8 Å². The van der Waals surface area contributed by atoms with Crippen LogP contribution in [0.4, 0.5) is 16.3 Å². The van der Waals surface area contributed by atoms with Gasteiger partial charge in [-0.1, -0.05) is 12.1 Å². The molecule has 0 bridgehead atoms. The highest BCUT2D eigenvalue weighted by molar-refractivity contribution is 5.32. The first kappa shape index (κ1) is 17.5. The molecule has 0 spiro atoms. The summed E-state index contributed by atoms with van der Waals surface area (Å²) in [7, 11) is 3.69. The van der Waals surface area contributed by atoms with E-state index in [1.807, 2.05) is 14.1 Å². The average molecular weight is 346 g/mol. The zero-order valence-corrected chi connectivity index (χ0v) is 14.4. The number of halogens is 1. The topological polar surface area (TPSA) is 91.4 Å². The van der Waals surface area contributed by atoms with Crippen molar-refractivity contribution >= 4 is 11.9 Å². The molecule has 1 saturated carbocycles. The number of nitrogen functional groups attached to an aromatic ring is 1. The Labute approximate surface area is 146 Å². The van der Waals surface area contributed by atoms with Crippen molar-refractivity contribution < 1.29 is 9.50 Å². The molecular formula is C17H23FN6O. The van der Waals surface area contributed by atoms with Crippen LogP contribution in [0.15, 0.2) is 24.3 Å². The van der Waals surface area contributed by atoms with Gasteiger partial charge in [-0.15, -0.1) is 0 Å². The lowest BCUT2D eigenvalue weighted by Gasteiger charge is -2.24. The van der Waals surface area contributed by atoms with Crippen LogP contribution in [-0.4, -0.2) is 51.6 Å². The average Bonchev–Trinajstić information content (AvgIpc) is 3.39. The summed E-state index contributed by atoms with van der Waals surface area (Å²) < 4.78 is 13.0. The molecule has 1 atom stereocenters. The summed E-state index contributed by atoms with van der Waals surface area (Å²) in [5.74, 6) is 0.960. The van der Waals surface area contributed by atoms with Crippen molar-refractivity contribution in [3.63, 3.8) is 0 Å². The first-order valence-corrected chi connectivity index (χ1v) is 8.27. The molecule has 1 aromatic carbocycles. The van der Waals surface area contributed by atoms with E-state index in [1.54, 1.807) is 17.0 Å². The molecule has 1 aliphatic carbocycles. The fourth-order valence-electron chi connectivity index (χ4n) is 2.67. The summed E-state index contributed by atoms with van der Waals surface area (Å²) in [6.07, 6.45) is 1.46. The van der Waals surface area contributed by atoms with Crippen LogP contribution in [0.25, 0.3) is 0 Å². The Morgan fingerprint density at radius 2 is 1.88 bits per heavy atom. The van der Waals surface area contributed by atoms with Gasteiger partial charge in [-0.3, -0.25) is 4.90 Å². The van der Waals surface area contributed by atoms with E-state index < -0.39 is 6.10 Å². The molecule has 1 heterocycles. The van der Waals surface area contributed by atoms with E-state index in [-0.39, 0.29) is 11.8 Å². The minimum atomic E-state index is -0.700. The minimum absolute atomic E-state index is 0.184. The van der Waals surface area contributed by atoms with Crippen molar-refractivity contribution in [2.24, 2.45) is 0 Å². The van der Waals surface area contributed by atoms with E-state index in [1.165, 1.54) is 12.1 Å². The Morgan fingerprint density at radius 3 is 2.48 bits per heavy atom. The third kappa shape index (κ3) is 4.61. The summed E-state index contributed by atoms with van der Waals surface area (Å²) in [6, 6.07) is 6.33. The third-order valence-corrected chi connectivity index (χ3v) is 4.16. The summed E-state index contributed by atoms with van der Waals surface area (Å²) in [5.41, 5.74) is 6.47. The third-order valence-electron chi connectivity index (χ3n) is 4.16. The molecule has 134 valence electrons. The Kier molecular flexibility index (Phi) is 5.10. The van der Waals surface area contributed by atoms with Crippen molar-refractivity contribution in [3.8, 4) is 0 Å². The van der Waals surface area contributed by atoms with Crippen LogP contribution in [0, 0.1) is 5.82 Å². The van der Waals surface area contributed by atoms with Gasteiger partial charge in [-0.2, -0.15) is 15.0 Å². The number of aliphatic hydroxyl groups is 1. The normalized spacial score (nSPS) is 15.4. The SMILES string of the molecule is CN(C)c1nc(N)nc(CN(CC(O)c2ccc(F)cc2)C2CC2)n1. The maximum atomic E-state index is 13.0. The quantitative estimate of drug-likeness (QED) is 0.782. The van der Waals surface area contributed by atoms with Gasteiger partial charge in [0, 0.05) is 26.7 Å². The largest absolute Gasteiger partial charge is 0.387 e. The molecule has 0 saturated heterocycles. The second-order valence-corrected chi connectivity index (χ2v) is 6.53. The fourth-order valence-corrected chi connectivity index (χ4v) is 2.67. The number of anilines is 2. The first-order valence-electron chi connectivity index (χ1n) is 8.27. The Hall–Kier alpha value is -2.32. The molecule has 25 heavy (non-hydrogen) atoms. The van der Waals surface area contributed by atoms with Crippen LogP contribution in [0.2, 0.25) is 0 Å². The first-order chi connectivity index (χ1) is 11.9. The predicted octanol–water partition coefficient (Wildman–Crippen LogP) is 1.36.